The molecule has 40 heavy (non-hydrogen) atoms. The third-order valence-corrected chi connectivity index (χ3v) is 7.64. The summed E-state index contributed by atoms with van der Waals surface area (Å²) in [6, 6.07) is 20.3. The lowest BCUT2D eigenvalue weighted by atomic mass is 10.1. The van der Waals surface area contributed by atoms with Crippen molar-refractivity contribution >= 4 is 40.8 Å². The predicted molar refractivity (Wildman–Crippen MR) is 155 cm³/mol. The monoisotopic (exact) mass is 580 g/mol. The first-order valence-electron chi connectivity index (χ1n) is 12.7. The number of halogens is 3. The lowest BCUT2D eigenvalue weighted by Gasteiger charge is -2.34. The zero-order valence-electron chi connectivity index (χ0n) is 22.0. The van der Waals surface area contributed by atoms with Gasteiger partial charge in [-0.15, -0.1) is 0 Å². The summed E-state index contributed by atoms with van der Waals surface area (Å²) >= 11 is 12.4. The van der Waals surface area contributed by atoms with Crippen LogP contribution < -0.4 is 10.1 Å². The molecule has 1 N–H and O–H groups in total. The second-order valence-corrected chi connectivity index (χ2v) is 10.2. The smallest absolute Gasteiger partial charge is 0.322 e. The summed E-state index contributed by atoms with van der Waals surface area (Å²) in [5.41, 5.74) is 3.29. The zero-order valence-corrected chi connectivity index (χ0v) is 23.5. The first-order chi connectivity index (χ1) is 19.3. The number of anilines is 1. The first-order valence-corrected chi connectivity index (χ1v) is 13.4. The number of aromatic nitrogens is 1. The molecule has 0 atom stereocenters. The molecule has 3 amide bonds. The summed E-state index contributed by atoms with van der Waals surface area (Å²) < 4.78 is 22.0. The number of urea groups is 1. The fourth-order valence-electron chi connectivity index (χ4n) is 4.83. The Morgan fingerprint density at radius 2 is 1.50 bits per heavy atom. The largest absolute Gasteiger partial charge is 0.497 e. The molecule has 1 saturated heterocycles. The van der Waals surface area contributed by atoms with Crippen molar-refractivity contribution in [2.75, 3.05) is 38.6 Å². The standard InChI is InChI=1S/C30H27Cl2FN4O3/c1-19-22(18-27(20-10-12-21(40-2)13-11-20)37(19)26-9-4-3-8-25(26)33)29(38)35-14-16-36(17-15-35)30(39)34-28-23(31)6-5-7-24(28)32/h3-13,18H,14-17H2,1-2H3,(H,34,39). The van der Waals surface area contributed by atoms with Crippen LogP contribution in [0.1, 0.15) is 16.1 Å². The van der Waals surface area contributed by atoms with Gasteiger partial charge in [-0.25, -0.2) is 9.18 Å². The van der Waals surface area contributed by atoms with Crippen LogP contribution in [-0.4, -0.2) is 59.6 Å². The maximum Gasteiger partial charge on any atom is 0.322 e. The minimum atomic E-state index is -0.395. The molecule has 0 saturated carbocycles. The first kappa shape index (κ1) is 27.6. The van der Waals surface area contributed by atoms with Gasteiger partial charge in [0.15, 0.2) is 0 Å². The molecule has 7 nitrogen and oxygen atoms in total. The number of carbonyl (C=O) groups excluding carboxylic acids is 2. The van der Waals surface area contributed by atoms with Crippen LogP contribution in [-0.2, 0) is 0 Å². The van der Waals surface area contributed by atoms with E-state index < -0.39 is 5.82 Å². The number of carbonyl (C=O) groups is 2. The normalized spacial score (nSPS) is 13.3. The van der Waals surface area contributed by atoms with E-state index >= 15 is 0 Å². The molecule has 1 aliphatic rings. The molecule has 5 rings (SSSR count). The molecule has 1 fully saturated rings. The molecule has 1 aliphatic heterocycles. The van der Waals surface area contributed by atoms with E-state index in [1.54, 1.807) is 63.9 Å². The number of hydrogen-bond donors (Lipinski definition) is 1. The lowest BCUT2D eigenvalue weighted by Crippen LogP contribution is -2.51. The molecule has 0 unspecified atom stereocenters. The Morgan fingerprint density at radius 1 is 0.875 bits per heavy atom. The van der Waals surface area contributed by atoms with Crippen molar-refractivity contribution in [2.24, 2.45) is 0 Å². The molecule has 206 valence electrons. The highest BCUT2D eigenvalue weighted by molar-refractivity contribution is 6.39. The molecule has 0 bridgehead atoms. The maximum absolute atomic E-state index is 15.0. The Labute approximate surface area is 241 Å². The van der Waals surface area contributed by atoms with Crippen LogP contribution in [0, 0.1) is 12.7 Å². The average molecular weight is 581 g/mol. The number of ether oxygens (including phenoxy) is 1. The Hall–Kier alpha value is -4.01. The van der Waals surface area contributed by atoms with Crippen LogP contribution in [0.5, 0.6) is 5.75 Å². The highest BCUT2D eigenvalue weighted by atomic mass is 35.5. The van der Waals surface area contributed by atoms with Crippen molar-refractivity contribution < 1.29 is 18.7 Å². The number of nitrogens with one attached hydrogen (secondary N) is 1. The van der Waals surface area contributed by atoms with E-state index in [1.807, 2.05) is 31.2 Å². The van der Waals surface area contributed by atoms with Crippen LogP contribution in [0.25, 0.3) is 16.9 Å². The van der Waals surface area contributed by atoms with Crippen molar-refractivity contribution in [3.8, 4) is 22.7 Å². The highest BCUT2D eigenvalue weighted by Crippen LogP contribution is 2.33. The van der Waals surface area contributed by atoms with Gasteiger partial charge in [-0.3, -0.25) is 4.79 Å². The SMILES string of the molecule is COc1ccc(-c2cc(C(=O)N3CCN(C(=O)Nc4c(Cl)cccc4Cl)CC3)c(C)n2-c2ccccc2F)cc1. The van der Waals surface area contributed by atoms with Crippen LogP contribution >= 0.6 is 23.2 Å². The molecular formula is C30H27Cl2FN4O3. The summed E-state index contributed by atoms with van der Waals surface area (Å²) in [6.45, 7) is 3.15. The topological polar surface area (TPSA) is 66.8 Å². The second kappa shape index (κ2) is 11.6. The van der Waals surface area contributed by atoms with Gasteiger partial charge in [0.05, 0.1) is 39.8 Å². The molecule has 1 aromatic heterocycles. The number of methoxy groups -OCH3 is 1. The molecule has 0 radical (unpaired) electrons. The molecule has 10 heteroatoms. The predicted octanol–water partition coefficient (Wildman–Crippen LogP) is 6.90. The number of benzene rings is 3. The summed E-state index contributed by atoms with van der Waals surface area (Å²) in [7, 11) is 1.59. The van der Waals surface area contributed by atoms with Gasteiger partial charge in [0.25, 0.3) is 5.91 Å². The molecule has 4 aromatic rings. The summed E-state index contributed by atoms with van der Waals surface area (Å²) in [4.78, 5) is 29.9. The summed E-state index contributed by atoms with van der Waals surface area (Å²) in [6.07, 6.45) is 0. The third-order valence-electron chi connectivity index (χ3n) is 7.01. The van der Waals surface area contributed by atoms with Gasteiger partial charge in [0, 0.05) is 31.9 Å². The highest BCUT2D eigenvalue weighted by Gasteiger charge is 2.29. The number of para-hydroxylation sites is 2. The van der Waals surface area contributed by atoms with Gasteiger partial charge in [-0.05, 0) is 67.1 Å². The van der Waals surface area contributed by atoms with Gasteiger partial charge >= 0.3 is 6.03 Å². The molecular weight excluding hydrogens is 554 g/mol. The van der Waals surface area contributed by atoms with Gasteiger partial charge in [0.1, 0.15) is 11.6 Å². The van der Waals surface area contributed by atoms with Crippen LogP contribution in [0.15, 0.2) is 72.8 Å². The molecule has 0 spiro atoms. The summed E-state index contributed by atoms with van der Waals surface area (Å²) in [5.74, 6) is 0.115. The second-order valence-electron chi connectivity index (χ2n) is 9.35. The molecule has 0 aliphatic carbocycles. The van der Waals surface area contributed by atoms with Crippen molar-refractivity contribution in [3.05, 3.63) is 99.9 Å². The number of rotatable bonds is 5. The summed E-state index contributed by atoms with van der Waals surface area (Å²) in [5, 5.41) is 3.45. The van der Waals surface area contributed by atoms with E-state index in [9.17, 15) is 14.0 Å². The third kappa shape index (κ3) is 5.37. The Kier molecular flexibility index (Phi) is 8.00. The zero-order chi connectivity index (χ0) is 28.4. The minimum Gasteiger partial charge on any atom is -0.497 e. The van der Waals surface area contributed by atoms with E-state index in [4.69, 9.17) is 27.9 Å². The molecule has 3 aromatic carbocycles. The fourth-order valence-corrected chi connectivity index (χ4v) is 5.32. The average Bonchev–Trinajstić information content (AvgIpc) is 3.31. The van der Waals surface area contributed by atoms with Gasteiger partial charge in [-0.2, -0.15) is 0 Å². The van der Waals surface area contributed by atoms with Crippen molar-refractivity contribution in [2.45, 2.75) is 6.92 Å². The van der Waals surface area contributed by atoms with Crippen molar-refractivity contribution in [3.63, 3.8) is 0 Å². The van der Waals surface area contributed by atoms with Crippen LogP contribution in [0.2, 0.25) is 10.0 Å². The lowest BCUT2D eigenvalue weighted by molar-refractivity contribution is 0.0671. The van der Waals surface area contributed by atoms with Gasteiger partial charge in [-0.1, -0.05) is 41.4 Å². The van der Waals surface area contributed by atoms with E-state index in [2.05, 4.69) is 5.32 Å². The van der Waals surface area contributed by atoms with Crippen LogP contribution in [0.4, 0.5) is 14.9 Å². The van der Waals surface area contributed by atoms with E-state index in [-0.39, 0.29) is 11.9 Å². The maximum atomic E-state index is 15.0. The van der Waals surface area contributed by atoms with E-state index in [0.29, 0.717) is 70.3 Å². The number of nitrogens with zero attached hydrogens (tertiary/aromatic N) is 3. The number of piperazine rings is 1. The van der Waals surface area contributed by atoms with Crippen LogP contribution in [0.3, 0.4) is 0 Å². The number of amides is 3. The van der Waals surface area contributed by atoms with E-state index in [1.165, 1.54) is 6.07 Å². The van der Waals surface area contributed by atoms with Crippen molar-refractivity contribution in [1.82, 2.24) is 14.4 Å². The Morgan fingerprint density at radius 3 is 2.12 bits per heavy atom. The molecule has 2 heterocycles. The number of hydrogen-bond acceptors (Lipinski definition) is 3. The van der Waals surface area contributed by atoms with Gasteiger partial charge in [0.2, 0.25) is 0 Å². The van der Waals surface area contributed by atoms with Gasteiger partial charge < -0.3 is 24.4 Å². The van der Waals surface area contributed by atoms with E-state index in [0.717, 1.165) is 5.56 Å². The van der Waals surface area contributed by atoms with Crippen molar-refractivity contribution in [1.29, 1.82) is 0 Å². The Bertz CT molecular complexity index is 1540. The minimum absolute atomic E-state index is 0.184. The Balaban J connectivity index is 1.38. The quantitative estimate of drug-likeness (QED) is 0.279. The fraction of sp³-hybridized carbons (Fsp3) is 0.200.